The van der Waals surface area contributed by atoms with Crippen LogP contribution in [0.4, 0.5) is 0 Å². The van der Waals surface area contributed by atoms with Gasteiger partial charge in [-0.25, -0.2) is 13.1 Å². The number of hydrogen-bond donors (Lipinski definition) is 1. The molecule has 1 aliphatic heterocycles. The third-order valence-corrected chi connectivity index (χ3v) is 5.67. The topological polar surface area (TPSA) is 55.4 Å². The van der Waals surface area contributed by atoms with Gasteiger partial charge in [-0.1, -0.05) is 6.07 Å². The monoisotopic (exact) mass is 311 g/mol. The van der Waals surface area contributed by atoms with Crippen LogP contribution in [0.1, 0.15) is 36.8 Å². The highest BCUT2D eigenvalue weighted by Gasteiger charge is 2.16. The van der Waals surface area contributed by atoms with E-state index in [0.717, 1.165) is 50.0 Å². The molecule has 0 amide bonds. The van der Waals surface area contributed by atoms with Crippen molar-refractivity contribution in [3.63, 3.8) is 0 Å². The smallest absolute Gasteiger partial charge is 0.240 e. The lowest BCUT2D eigenvalue weighted by Gasteiger charge is -2.21. The summed E-state index contributed by atoms with van der Waals surface area (Å²) in [5, 5.41) is 0. The molecule has 1 aliphatic rings. The summed E-state index contributed by atoms with van der Waals surface area (Å²) in [6.07, 6.45) is 4.15. The van der Waals surface area contributed by atoms with Crippen molar-refractivity contribution in [3.05, 3.63) is 29.3 Å². The molecule has 1 N–H and O–H groups in total. The van der Waals surface area contributed by atoms with E-state index in [1.54, 1.807) is 12.1 Å². The van der Waals surface area contributed by atoms with E-state index < -0.39 is 10.0 Å². The minimum atomic E-state index is -3.38. The van der Waals surface area contributed by atoms with Crippen molar-refractivity contribution >= 4 is 10.0 Å². The lowest BCUT2D eigenvalue weighted by molar-refractivity contribution is 0.0634. The van der Waals surface area contributed by atoms with E-state index in [2.05, 4.69) is 4.72 Å². The van der Waals surface area contributed by atoms with Crippen LogP contribution >= 0.6 is 0 Å². The molecule has 0 spiro atoms. The third-order valence-electron chi connectivity index (χ3n) is 4.21. The summed E-state index contributed by atoms with van der Waals surface area (Å²) < 4.78 is 32.5. The molecule has 1 aromatic carbocycles. The van der Waals surface area contributed by atoms with Crippen molar-refractivity contribution < 1.29 is 13.2 Å². The van der Waals surface area contributed by atoms with Crippen LogP contribution in [0.15, 0.2) is 23.1 Å². The van der Waals surface area contributed by atoms with Gasteiger partial charge in [0.05, 0.1) is 4.90 Å². The first-order valence-corrected chi connectivity index (χ1v) is 9.12. The summed E-state index contributed by atoms with van der Waals surface area (Å²) in [6, 6.07) is 5.26. The Bertz CT molecular complexity index is 563. The van der Waals surface area contributed by atoms with Crippen LogP contribution in [0.3, 0.4) is 0 Å². The summed E-state index contributed by atoms with van der Waals surface area (Å²) in [5.74, 6) is 0.685. The Hall–Kier alpha value is -0.910. The van der Waals surface area contributed by atoms with E-state index in [-0.39, 0.29) is 0 Å². The zero-order valence-electron chi connectivity index (χ0n) is 12.9. The fraction of sp³-hybridized carbons (Fsp3) is 0.625. The van der Waals surface area contributed by atoms with E-state index >= 15 is 0 Å². The molecule has 1 fully saturated rings. The summed E-state index contributed by atoms with van der Waals surface area (Å²) in [7, 11) is -3.38. The maximum atomic E-state index is 12.2. The van der Waals surface area contributed by atoms with Crippen LogP contribution in [0.5, 0.6) is 0 Å². The largest absolute Gasteiger partial charge is 0.381 e. The summed E-state index contributed by atoms with van der Waals surface area (Å²) >= 11 is 0. The minimum Gasteiger partial charge on any atom is -0.381 e. The van der Waals surface area contributed by atoms with Crippen molar-refractivity contribution in [2.45, 2.75) is 44.4 Å². The van der Waals surface area contributed by atoms with Gasteiger partial charge < -0.3 is 4.74 Å². The van der Waals surface area contributed by atoms with Gasteiger partial charge >= 0.3 is 0 Å². The van der Waals surface area contributed by atoms with Gasteiger partial charge in [-0.2, -0.15) is 0 Å². The van der Waals surface area contributed by atoms with Gasteiger partial charge in [0.15, 0.2) is 0 Å². The molecule has 118 valence electrons. The molecule has 0 saturated carbocycles. The average molecular weight is 311 g/mol. The SMILES string of the molecule is Cc1ccc(S(=O)(=O)NCCCC2CCOCC2)cc1C. The lowest BCUT2D eigenvalue weighted by Crippen LogP contribution is -2.26. The molecule has 1 heterocycles. The first-order chi connectivity index (χ1) is 9.99. The van der Waals surface area contributed by atoms with Gasteiger partial charge in [0.1, 0.15) is 0 Å². The van der Waals surface area contributed by atoms with Crippen molar-refractivity contribution in [3.8, 4) is 0 Å². The van der Waals surface area contributed by atoms with Gasteiger partial charge in [-0.05, 0) is 68.7 Å². The second-order valence-electron chi connectivity index (χ2n) is 5.84. The molecule has 0 aliphatic carbocycles. The van der Waals surface area contributed by atoms with Crippen LogP contribution in [0.25, 0.3) is 0 Å². The van der Waals surface area contributed by atoms with Crippen LogP contribution in [0.2, 0.25) is 0 Å². The summed E-state index contributed by atoms with van der Waals surface area (Å²) in [4.78, 5) is 0.358. The highest BCUT2D eigenvalue weighted by atomic mass is 32.2. The van der Waals surface area contributed by atoms with E-state index in [1.165, 1.54) is 0 Å². The zero-order valence-corrected chi connectivity index (χ0v) is 13.7. The van der Waals surface area contributed by atoms with Crippen LogP contribution in [0, 0.1) is 19.8 Å². The van der Waals surface area contributed by atoms with Crippen molar-refractivity contribution in [2.24, 2.45) is 5.92 Å². The average Bonchev–Trinajstić information content (AvgIpc) is 2.47. The fourth-order valence-electron chi connectivity index (χ4n) is 2.60. The number of benzene rings is 1. The summed E-state index contributed by atoms with van der Waals surface area (Å²) in [6.45, 7) is 6.11. The predicted octanol–water partition coefficient (Wildman–Crippen LogP) is 2.79. The minimum absolute atomic E-state index is 0.358. The number of aryl methyl sites for hydroxylation is 2. The van der Waals surface area contributed by atoms with E-state index in [1.807, 2.05) is 19.9 Å². The van der Waals surface area contributed by atoms with E-state index in [9.17, 15) is 8.42 Å². The molecule has 0 atom stereocenters. The molecule has 1 aromatic rings. The van der Waals surface area contributed by atoms with Crippen molar-refractivity contribution in [1.82, 2.24) is 4.72 Å². The molecule has 1 saturated heterocycles. The standard InChI is InChI=1S/C16H25NO3S/c1-13-5-6-16(12-14(13)2)21(18,19)17-9-3-4-15-7-10-20-11-8-15/h5-6,12,15,17H,3-4,7-11H2,1-2H3. The normalized spacial score (nSPS) is 17.0. The lowest BCUT2D eigenvalue weighted by atomic mass is 9.95. The van der Waals surface area contributed by atoms with Crippen molar-refractivity contribution in [2.75, 3.05) is 19.8 Å². The second-order valence-corrected chi connectivity index (χ2v) is 7.61. The molecule has 0 unspecified atom stereocenters. The van der Waals surface area contributed by atoms with Crippen molar-refractivity contribution in [1.29, 1.82) is 0 Å². The molecule has 5 heteroatoms. The number of ether oxygens (including phenoxy) is 1. The first-order valence-electron chi connectivity index (χ1n) is 7.64. The summed E-state index contributed by atoms with van der Waals surface area (Å²) in [5.41, 5.74) is 2.11. The Morgan fingerprint density at radius 3 is 2.57 bits per heavy atom. The quantitative estimate of drug-likeness (QED) is 0.822. The van der Waals surface area contributed by atoms with Crippen LogP contribution in [-0.2, 0) is 14.8 Å². The molecule has 21 heavy (non-hydrogen) atoms. The number of hydrogen-bond acceptors (Lipinski definition) is 3. The number of sulfonamides is 1. The zero-order chi connectivity index (χ0) is 15.3. The molecule has 0 aromatic heterocycles. The third kappa shape index (κ3) is 4.80. The van der Waals surface area contributed by atoms with Gasteiger partial charge in [0.25, 0.3) is 0 Å². The predicted molar refractivity (Wildman–Crippen MR) is 83.9 cm³/mol. The van der Waals surface area contributed by atoms with Crippen LogP contribution in [-0.4, -0.2) is 28.2 Å². The van der Waals surface area contributed by atoms with Gasteiger partial charge in [0, 0.05) is 19.8 Å². The molecule has 4 nitrogen and oxygen atoms in total. The van der Waals surface area contributed by atoms with E-state index in [4.69, 9.17) is 4.74 Å². The highest BCUT2D eigenvalue weighted by Crippen LogP contribution is 2.20. The molecule has 2 rings (SSSR count). The maximum Gasteiger partial charge on any atom is 0.240 e. The molecule has 0 bridgehead atoms. The van der Waals surface area contributed by atoms with Crippen LogP contribution < -0.4 is 4.72 Å². The Morgan fingerprint density at radius 1 is 1.19 bits per heavy atom. The molecular formula is C16H25NO3S. The van der Waals surface area contributed by atoms with E-state index in [0.29, 0.717) is 17.4 Å². The molecule has 0 radical (unpaired) electrons. The Kier molecular flexibility index (Phi) is 5.79. The maximum absolute atomic E-state index is 12.2. The Balaban J connectivity index is 1.82. The van der Waals surface area contributed by atoms with Gasteiger partial charge in [0.2, 0.25) is 10.0 Å². The first kappa shape index (κ1) is 16.5. The highest BCUT2D eigenvalue weighted by molar-refractivity contribution is 7.89. The Morgan fingerprint density at radius 2 is 1.90 bits per heavy atom. The molecular weight excluding hydrogens is 286 g/mol. The number of rotatable bonds is 6. The Labute approximate surface area is 127 Å². The number of nitrogens with one attached hydrogen (secondary N) is 1. The fourth-order valence-corrected chi connectivity index (χ4v) is 3.76. The van der Waals surface area contributed by atoms with Gasteiger partial charge in [-0.15, -0.1) is 0 Å². The van der Waals surface area contributed by atoms with Gasteiger partial charge in [-0.3, -0.25) is 0 Å². The second kappa shape index (κ2) is 7.38.